The van der Waals surface area contributed by atoms with Gasteiger partial charge in [0.05, 0.1) is 6.10 Å². The van der Waals surface area contributed by atoms with Crippen molar-refractivity contribution in [3.05, 3.63) is 0 Å². The molecule has 100 valence electrons. The maximum Gasteiger partial charge on any atom is 0.0669 e. The highest BCUT2D eigenvalue weighted by Crippen LogP contribution is 2.29. The van der Waals surface area contributed by atoms with Crippen LogP contribution in [0.4, 0.5) is 0 Å². The molecule has 1 N–H and O–H groups in total. The molecule has 0 radical (unpaired) electrons. The Labute approximate surface area is 106 Å². The first kappa shape index (κ1) is 13.4. The summed E-state index contributed by atoms with van der Waals surface area (Å²) in [6.45, 7) is 6.76. The Bertz CT molecular complexity index is 225. The zero-order chi connectivity index (χ0) is 12.3. The van der Waals surface area contributed by atoms with E-state index in [9.17, 15) is 5.11 Å². The molecule has 1 saturated carbocycles. The number of hydrogen-bond donors (Lipinski definition) is 1. The van der Waals surface area contributed by atoms with Crippen molar-refractivity contribution in [3.8, 4) is 0 Å². The summed E-state index contributed by atoms with van der Waals surface area (Å²) in [5.41, 5.74) is 0. The van der Waals surface area contributed by atoms with E-state index in [-0.39, 0.29) is 6.10 Å². The molecule has 3 unspecified atom stereocenters. The smallest absolute Gasteiger partial charge is 0.0669 e. The first-order valence-corrected chi connectivity index (χ1v) is 7.57. The summed E-state index contributed by atoms with van der Waals surface area (Å²) in [7, 11) is 0. The van der Waals surface area contributed by atoms with Gasteiger partial charge in [0, 0.05) is 12.6 Å². The SMILES string of the molecule is CC1CCN(CC(O)CC2CCCC2)C(C)C1. The highest BCUT2D eigenvalue weighted by Gasteiger charge is 2.26. The number of β-amino-alcohol motifs (C(OH)–C–C–N with tert-alkyl or cyclic N) is 1. The van der Waals surface area contributed by atoms with Crippen LogP contribution in [0, 0.1) is 11.8 Å². The van der Waals surface area contributed by atoms with E-state index >= 15 is 0 Å². The van der Waals surface area contributed by atoms with Gasteiger partial charge in [-0.15, -0.1) is 0 Å². The van der Waals surface area contributed by atoms with E-state index in [0.717, 1.165) is 24.8 Å². The molecule has 0 bridgehead atoms. The highest BCUT2D eigenvalue weighted by atomic mass is 16.3. The van der Waals surface area contributed by atoms with Gasteiger partial charge in [0.25, 0.3) is 0 Å². The van der Waals surface area contributed by atoms with Gasteiger partial charge in [-0.1, -0.05) is 32.6 Å². The number of nitrogens with zero attached hydrogens (tertiary/aromatic N) is 1. The van der Waals surface area contributed by atoms with E-state index in [4.69, 9.17) is 0 Å². The maximum absolute atomic E-state index is 10.2. The van der Waals surface area contributed by atoms with Gasteiger partial charge in [-0.25, -0.2) is 0 Å². The van der Waals surface area contributed by atoms with Gasteiger partial charge in [0.15, 0.2) is 0 Å². The maximum atomic E-state index is 10.2. The van der Waals surface area contributed by atoms with E-state index in [1.165, 1.54) is 45.1 Å². The van der Waals surface area contributed by atoms with E-state index < -0.39 is 0 Å². The van der Waals surface area contributed by atoms with Crippen LogP contribution in [-0.4, -0.2) is 35.2 Å². The summed E-state index contributed by atoms with van der Waals surface area (Å²) in [5, 5.41) is 10.2. The van der Waals surface area contributed by atoms with E-state index in [1.807, 2.05) is 0 Å². The number of rotatable bonds is 4. The van der Waals surface area contributed by atoms with Crippen LogP contribution in [0.25, 0.3) is 0 Å². The predicted molar refractivity (Wildman–Crippen MR) is 72.0 cm³/mol. The molecule has 0 aromatic heterocycles. The third-order valence-electron chi connectivity index (χ3n) is 4.80. The predicted octanol–water partition coefficient (Wildman–Crippen LogP) is 3.05. The van der Waals surface area contributed by atoms with E-state index in [0.29, 0.717) is 6.04 Å². The van der Waals surface area contributed by atoms with Crippen molar-refractivity contribution in [1.29, 1.82) is 0 Å². The van der Waals surface area contributed by atoms with Crippen molar-refractivity contribution in [2.45, 2.75) is 70.9 Å². The van der Waals surface area contributed by atoms with Crippen molar-refractivity contribution in [2.75, 3.05) is 13.1 Å². The van der Waals surface area contributed by atoms with Crippen LogP contribution in [-0.2, 0) is 0 Å². The minimum Gasteiger partial charge on any atom is -0.392 e. The molecule has 2 heteroatoms. The van der Waals surface area contributed by atoms with Gasteiger partial charge >= 0.3 is 0 Å². The van der Waals surface area contributed by atoms with Gasteiger partial charge in [-0.2, -0.15) is 0 Å². The van der Waals surface area contributed by atoms with Gasteiger partial charge in [0.1, 0.15) is 0 Å². The molecular weight excluding hydrogens is 210 g/mol. The topological polar surface area (TPSA) is 23.5 Å². The minimum absolute atomic E-state index is 0.0889. The van der Waals surface area contributed by atoms with Crippen LogP contribution >= 0.6 is 0 Å². The Kier molecular flexibility index (Phi) is 4.87. The third kappa shape index (κ3) is 3.96. The van der Waals surface area contributed by atoms with Crippen molar-refractivity contribution in [3.63, 3.8) is 0 Å². The van der Waals surface area contributed by atoms with Crippen LogP contribution in [0.1, 0.15) is 58.8 Å². The standard InChI is InChI=1S/C15H29NO/c1-12-7-8-16(13(2)9-12)11-15(17)10-14-5-3-4-6-14/h12-15,17H,3-11H2,1-2H3. The number of hydrogen-bond acceptors (Lipinski definition) is 2. The van der Waals surface area contributed by atoms with Crippen LogP contribution in [0.15, 0.2) is 0 Å². The fourth-order valence-electron chi connectivity index (χ4n) is 3.70. The summed E-state index contributed by atoms with van der Waals surface area (Å²) in [4.78, 5) is 2.50. The molecule has 0 aromatic rings. The number of aliphatic hydroxyl groups excluding tert-OH is 1. The van der Waals surface area contributed by atoms with Crippen molar-refractivity contribution in [1.82, 2.24) is 4.90 Å². The first-order chi connectivity index (χ1) is 8.15. The van der Waals surface area contributed by atoms with Crippen LogP contribution < -0.4 is 0 Å². The molecule has 2 aliphatic rings. The lowest BCUT2D eigenvalue weighted by atomic mass is 9.92. The molecule has 2 rings (SSSR count). The molecule has 1 aliphatic carbocycles. The lowest BCUT2D eigenvalue weighted by Crippen LogP contribution is -2.44. The largest absolute Gasteiger partial charge is 0.392 e. The average molecular weight is 239 g/mol. The summed E-state index contributed by atoms with van der Waals surface area (Å²) >= 11 is 0. The Hall–Kier alpha value is -0.0800. The molecule has 2 nitrogen and oxygen atoms in total. The lowest BCUT2D eigenvalue weighted by molar-refractivity contribution is 0.0486. The van der Waals surface area contributed by atoms with Gasteiger partial charge in [-0.05, 0) is 44.6 Å². The monoisotopic (exact) mass is 239 g/mol. The molecule has 0 spiro atoms. The van der Waals surface area contributed by atoms with Crippen molar-refractivity contribution in [2.24, 2.45) is 11.8 Å². The zero-order valence-electron chi connectivity index (χ0n) is 11.6. The Balaban J connectivity index is 1.71. The number of piperidine rings is 1. The molecule has 1 saturated heterocycles. The van der Waals surface area contributed by atoms with Crippen LogP contribution in [0.3, 0.4) is 0 Å². The summed E-state index contributed by atoms with van der Waals surface area (Å²) < 4.78 is 0. The summed E-state index contributed by atoms with van der Waals surface area (Å²) in [5.74, 6) is 1.68. The first-order valence-electron chi connectivity index (χ1n) is 7.57. The summed E-state index contributed by atoms with van der Waals surface area (Å²) in [6.07, 6.45) is 9.03. The number of likely N-dealkylation sites (tertiary alicyclic amines) is 1. The molecule has 17 heavy (non-hydrogen) atoms. The highest BCUT2D eigenvalue weighted by molar-refractivity contribution is 4.80. The molecule has 2 fully saturated rings. The fraction of sp³-hybridized carbons (Fsp3) is 1.00. The lowest BCUT2D eigenvalue weighted by Gasteiger charge is -2.37. The molecular formula is C15H29NO. The second-order valence-electron chi connectivity index (χ2n) is 6.51. The quantitative estimate of drug-likeness (QED) is 0.815. The normalized spacial score (nSPS) is 34.1. The third-order valence-corrected chi connectivity index (χ3v) is 4.80. The average Bonchev–Trinajstić information content (AvgIpc) is 2.75. The van der Waals surface area contributed by atoms with Crippen molar-refractivity contribution >= 4 is 0 Å². The zero-order valence-corrected chi connectivity index (χ0v) is 11.6. The van der Waals surface area contributed by atoms with Gasteiger partial charge in [0.2, 0.25) is 0 Å². The van der Waals surface area contributed by atoms with Gasteiger partial charge in [-0.3, -0.25) is 4.90 Å². The van der Waals surface area contributed by atoms with E-state index in [1.54, 1.807) is 0 Å². The van der Waals surface area contributed by atoms with Crippen LogP contribution in [0.2, 0.25) is 0 Å². The van der Waals surface area contributed by atoms with Crippen LogP contribution in [0.5, 0.6) is 0 Å². The molecule has 1 aliphatic heterocycles. The van der Waals surface area contributed by atoms with Crippen molar-refractivity contribution < 1.29 is 5.11 Å². The second-order valence-corrected chi connectivity index (χ2v) is 6.51. The molecule has 0 aromatic carbocycles. The second kappa shape index (κ2) is 6.19. The Morgan fingerprint density at radius 3 is 2.53 bits per heavy atom. The molecule has 0 amide bonds. The Morgan fingerprint density at radius 2 is 1.88 bits per heavy atom. The molecule has 1 heterocycles. The molecule has 3 atom stereocenters. The van der Waals surface area contributed by atoms with Gasteiger partial charge < -0.3 is 5.11 Å². The minimum atomic E-state index is -0.0889. The number of aliphatic hydroxyl groups is 1. The Morgan fingerprint density at radius 1 is 1.18 bits per heavy atom. The fourth-order valence-corrected chi connectivity index (χ4v) is 3.70. The summed E-state index contributed by atoms with van der Waals surface area (Å²) in [6, 6.07) is 0.664. The van der Waals surface area contributed by atoms with E-state index in [2.05, 4.69) is 18.7 Å².